The molecule has 0 unspecified atom stereocenters. The van der Waals surface area contributed by atoms with E-state index in [1.165, 1.54) is 0 Å². The third kappa shape index (κ3) is 3.96. The third-order valence-electron chi connectivity index (χ3n) is 5.66. The molecule has 4 rings (SSSR count). The number of carbonyl (C=O) groups excluding carboxylic acids is 2. The number of likely N-dealkylation sites (tertiary alicyclic amines) is 1. The van der Waals surface area contributed by atoms with Crippen LogP contribution in [0, 0.1) is 6.92 Å². The van der Waals surface area contributed by atoms with Gasteiger partial charge < -0.3 is 14.9 Å². The molecule has 3 aromatic rings. The van der Waals surface area contributed by atoms with Crippen LogP contribution < -0.4 is 0 Å². The van der Waals surface area contributed by atoms with Crippen molar-refractivity contribution in [2.24, 2.45) is 0 Å². The minimum atomic E-state index is -0.675. The van der Waals surface area contributed by atoms with E-state index in [2.05, 4.69) is 20.9 Å². The van der Waals surface area contributed by atoms with E-state index >= 15 is 0 Å². The van der Waals surface area contributed by atoms with Crippen molar-refractivity contribution in [3.63, 3.8) is 0 Å². The number of nitrogens with zero attached hydrogens (tertiary/aromatic N) is 4. The number of rotatable bonds is 6. The smallest absolute Gasteiger partial charge is 0.295 e. The van der Waals surface area contributed by atoms with Gasteiger partial charge in [-0.15, -0.1) is 0 Å². The monoisotopic (exact) mass is 496 g/mol. The zero-order chi connectivity index (χ0) is 23.0. The highest BCUT2D eigenvalue weighted by atomic mass is 79.9. The molecule has 1 aliphatic heterocycles. The second-order valence-corrected chi connectivity index (χ2v) is 9.09. The fourth-order valence-corrected chi connectivity index (χ4v) is 4.45. The zero-order valence-electron chi connectivity index (χ0n) is 18.2. The van der Waals surface area contributed by atoms with E-state index in [0.717, 1.165) is 16.6 Å². The molecule has 0 bridgehead atoms. The Morgan fingerprint density at radius 1 is 1.16 bits per heavy atom. The van der Waals surface area contributed by atoms with E-state index in [9.17, 15) is 14.7 Å². The number of imidazole rings is 1. The number of aromatic nitrogens is 2. The summed E-state index contributed by atoms with van der Waals surface area (Å²) in [6.07, 6.45) is 2.49. The van der Waals surface area contributed by atoms with E-state index in [1.807, 2.05) is 61.5 Å². The van der Waals surface area contributed by atoms with Gasteiger partial charge in [0.05, 0.1) is 17.3 Å². The van der Waals surface area contributed by atoms with Crippen LogP contribution in [0.15, 0.2) is 58.7 Å². The predicted octanol–water partition coefficient (Wildman–Crippen LogP) is 3.78. The summed E-state index contributed by atoms with van der Waals surface area (Å²) in [5.41, 5.74) is 2.53. The van der Waals surface area contributed by atoms with Gasteiger partial charge in [-0.2, -0.15) is 0 Å². The standard InChI is InChI=1S/C24H25BrN4O3/c1-15-20(28-13-5-4-7-18(28)26-15)22(30)19-21(16-8-10-17(25)11-9-16)29(24(32)23(19)31)14-6-12-27(2)3/h4-5,7-11,13,21,30H,6,12,14H2,1-3H3/b22-19+/t21-/m1/s1. The molecule has 1 saturated heterocycles. The molecule has 0 spiro atoms. The van der Waals surface area contributed by atoms with Gasteiger partial charge in [0, 0.05) is 17.2 Å². The lowest BCUT2D eigenvalue weighted by molar-refractivity contribution is -0.139. The Morgan fingerprint density at radius 2 is 1.88 bits per heavy atom. The average Bonchev–Trinajstić information content (AvgIpc) is 3.22. The molecular weight excluding hydrogens is 472 g/mol. The summed E-state index contributed by atoms with van der Waals surface area (Å²) in [5, 5.41) is 11.4. The molecule has 1 N–H and O–H groups in total. The average molecular weight is 497 g/mol. The van der Waals surface area contributed by atoms with E-state index < -0.39 is 17.7 Å². The number of Topliss-reactive ketones (excluding diaryl/α,β-unsaturated/α-hetero) is 1. The number of fused-ring (bicyclic) bond motifs is 1. The maximum atomic E-state index is 13.2. The fourth-order valence-electron chi connectivity index (χ4n) is 4.19. The number of amides is 1. The molecule has 7 nitrogen and oxygen atoms in total. The van der Waals surface area contributed by atoms with Crippen LogP contribution in [-0.2, 0) is 9.59 Å². The van der Waals surface area contributed by atoms with Gasteiger partial charge in [0.2, 0.25) is 0 Å². The Balaban J connectivity index is 1.87. The second-order valence-electron chi connectivity index (χ2n) is 8.18. The van der Waals surface area contributed by atoms with Gasteiger partial charge >= 0.3 is 0 Å². The number of hydrogen-bond acceptors (Lipinski definition) is 5. The maximum absolute atomic E-state index is 13.2. The van der Waals surface area contributed by atoms with Gasteiger partial charge in [-0.1, -0.05) is 34.1 Å². The van der Waals surface area contributed by atoms with Crippen molar-refractivity contribution >= 4 is 39.0 Å². The SMILES string of the molecule is Cc1nc2ccccn2c1/C(O)=C1\C(=O)C(=O)N(CCCN(C)C)[C@@H]1c1ccc(Br)cc1. The summed E-state index contributed by atoms with van der Waals surface area (Å²) in [7, 11) is 3.93. The molecule has 0 radical (unpaired) electrons. The van der Waals surface area contributed by atoms with Crippen LogP contribution >= 0.6 is 15.9 Å². The number of carbonyl (C=O) groups is 2. The Morgan fingerprint density at radius 3 is 2.56 bits per heavy atom. The van der Waals surface area contributed by atoms with Crippen molar-refractivity contribution in [2.45, 2.75) is 19.4 Å². The van der Waals surface area contributed by atoms with E-state index in [4.69, 9.17) is 0 Å². The van der Waals surface area contributed by atoms with Crippen LogP contribution in [-0.4, -0.2) is 63.2 Å². The minimum absolute atomic E-state index is 0.0935. The first-order valence-corrected chi connectivity index (χ1v) is 11.2. The van der Waals surface area contributed by atoms with Crippen molar-refractivity contribution in [3.05, 3.63) is 75.7 Å². The molecule has 166 valence electrons. The molecule has 1 aliphatic rings. The Bertz CT molecular complexity index is 1210. The quantitative estimate of drug-likeness (QED) is 0.319. The Labute approximate surface area is 195 Å². The van der Waals surface area contributed by atoms with Gasteiger partial charge in [-0.05, 0) is 63.8 Å². The third-order valence-corrected chi connectivity index (χ3v) is 6.19. The van der Waals surface area contributed by atoms with Crippen molar-refractivity contribution in [2.75, 3.05) is 27.2 Å². The lowest BCUT2D eigenvalue weighted by atomic mass is 9.96. The van der Waals surface area contributed by atoms with Crippen LogP contribution in [0.1, 0.15) is 29.4 Å². The van der Waals surface area contributed by atoms with Crippen LogP contribution in [0.25, 0.3) is 11.4 Å². The number of benzene rings is 1. The normalized spacial score (nSPS) is 18.3. The molecule has 1 amide bonds. The molecule has 1 atom stereocenters. The number of aryl methyl sites for hydroxylation is 1. The van der Waals surface area contributed by atoms with Crippen molar-refractivity contribution in [1.82, 2.24) is 19.2 Å². The largest absolute Gasteiger partial charge is 0.505 e. The molecular formula is C24H25BrN4O3. The van der Waals surface area contributed by atoms with Crippen LogP contribution in [0.3, 0.4) is 0 Å². The number of ketones is 1. The van der Waals surface area contributed by atoms with Crippen molar-refractivity contribution in [1.29, 1.82) is 0 Å². The van der Waals surface area contributed by atoms with Crippen LogP contribution in [0.4, 0.5) is 0 Å². The molecule has 1 aromatic carbocycles. The molecule has 32 heavy (non-hydrogen) atoms. The van der Waals surface area contributed by atoms with Gasteiger partial charge in [0.15, 0.2) is 5.76 Å². The topological polar surface area (TPSA) is 78.1 Å². The summed E-state index contributed by atoms with van der Waals surface area (Å²) in [6, 6.07) is 12.3. The van der Waals surface area contributed by atoms with Gasteiger partial charge in [0.1, 0.15) is 11.3 Å². The van der Waals surface area contributed by atoms with E-state index in [0.29, 0.717) is 30.0 Å². The summed E-state index contributed by atoms with van der Waals surface area (Å²) >= 11 is 3.44. The zero-order valence-corrected chi connectivity index (χ0v) is 19.8. The molecule has 0 saturated carbocycles. The van der Waals surface area contributed by atoms with Crippen LogP contribution in [0.2, 0.25) is 0 Å². The van der Waals surface area contributed by atoms with E-state index in [1.54, 1.807) is 22.4 Å². The summed E-state index contributed by atoms with van der Waals surface area (Å²) in [5.74, 6) is -1.47. The summed E-state index contributed by atoms with van der Waals surface area (Å²) in [6.45, 7) is 2.97. The predicted molar refractivity (Wildman–Crippen MR) is 126 cm³/mol. The van der Waals surface area contributed by atoms with Gasteiger partial charge in [-0.25, -0.2) is 4.98 Å². The van der Waals surface area contributed by atoms with Crippen molar-refractivity contribution < 1.29 is 14.7 Å². The minimum Gasteiger partial charge on any atom is -0.505 e. The van der Waals surface area contributed by atoms with E-state index in [-0.39, 0.29) is 11.3 Å². The molecule has 2 aromatic heterocycles. The fraction of sp³-hybridized carbons (Fsp3) is 0.292. The number of aliphatic hydroxyl groups excluding tert-OH is 1. The highest BCUT2D eigenvalue weighted by molar-refractivity contribution is 9.10. The van der Waals surface area contributed by atoms with Crippen LogP contribution in [0.5, 0.6) is 0 Å². The Hall–Kier alpha value is -2.97. The molecule has 8 heteroatoms. The highest BCUT2D eigenvalue weighted by Crippen LogP contribution is 2.40. The lowest BCUT2D eigenvalue weighted by Crippen LogP contribution is -2.32. The summed E-state index contributed by atoms with van der Waals surface area (Å²) < 4.78 is 2.63. The molecule has 0 aliphatic carbocycles. The Kier molecular flexibility index (Phi) is 6.17. The lowest BCUT2D eigenvalue weighted by Gasteiger charge is -2.26. The van der Waals surface area contributed by atoms with Gasteiger partial charge in [-0.3, -0.25) is 14.0 Å². The first-order valence-electron chi connectivity index (χ1n) is 10.4. The first kappa shape index (κ1) is 22.2. The number of hydrogen-bond donors (Lipinski definition) is 1. The molecule has 3 heterocycles. The number of aliphatic hydroxyl groups is 1. The maximum Gasteiger partial charge on any atom is 0.295 e. The highest BCUT2D eigenvalue weighted by Gasteiger charge is 2.46. The number of halogens is 1. The number of pyridine rings is 1. The second kappa shape index (κ2) is 8.88. The first-order chi connectivity index (χ1) is 15.3. The summed E-state index contributed by atoms with van der Waals surface area (Å²) in [4.78, 5) is 34.3. The van der Waals surface area contributed by atoms with Crippen molar-refractivity contribution in [3.8, 4) is 0 Å². The molecule has 1 fully saturated rings. The van der Waals surface area contributed by atoms with Gasteiger partial charge in [0.25, 0.3) is 11.7 Å².